The maximum absolute atomic E-state index is 5.32. The third-order valence-corrected chi connectivity index (χ3v) is 3.74. The summed E-state index contributed by atoms with van der Waals surface area (Å²) in [5.41, 5.74) is 2.71. The van der Waals surface area contributed by atoms with Gasteiger partial charge in [-0.25, -0.2) is 0 Å². The van der Waals surface area contributed by atoms with Crippen LogP contribution < -0.4 is 0 Å². The molecule has 0 aromatic heterocycles. The Balaban J connectivity index is 2.81. The summed E-state index contributed by atoms with van der Waals surface area (Å²) in [5.74, 6) is 0.555. The summed E-state index contributed by atoms with van der Waals surface area (Å²) in [6.45, 7) is 14.4. The van der Waals surface area contributed by atoms with Gasteiger partial charge in [0.15, 0.2) is 6.23 Å². The lowest BCUT2D eigenvalue weighted by Crippen LogP contribution is -2.27. The van der Waals surface area contributed by atoms with E-state index in [0.29, 0.717) is 12.1 Å². The highest BCUT2D eigenvalue weighted by Gasteiger charge is 2.27. The highest BCUT2D eigenvalue weighted by atomic mass is 16.6. The van der Waals surface area contributed by atoms with Gasteiger partial charge in [0.1, 0.15) is 0 Å². The van der Waals surface area contributed by atoms with E-state index < -0.39 is 0 Å². The second-order valence-electron chi connectivity index (χ2n) is 5.94. The Morgan fingerprint density at radius 1 is 1.20 bits per heavy atom. The van der Waals surface area contributed by atoms with Crippen molar-refractivity contribution in [3.63, 3.8) is 0 Å². The van der Waals surface area contributed by atoms with Gasteiger partial charge >= 0.3 is 0 Å². The number of hydrogen-bond donors (Lipinski definition) is 0. The molecule has 1 aliphatic rings. The van der Waals surface area contributed by atoms with Crippen LogP contribution in [0.1, 0.15) is 47.5 Å². The van der Waals surface area contributed by atoms with Crippen molar-refractivity contribution in [1.82, 2.24) is 9.80 Å². The highest BCUT2D eigenvalue weighted by Crippen LogP contribution is 2.20. The van der Waals surface area contributed by atoms with Crippen LogP contribution in [0.2, 0.25) is 0 Å². The number of nitrogens with zero attached hydrogens (tertiary/aromatic N) is 2. The van der Waals surface area contributed by atoms with Crippen LogP contribution in [0.3, 0.4) is 0 Å². The average molecular weight is 280 g/mol. The fourth-order valence-electron chi connectivity index (χ4n) is 2.39. The number of ether oxygens (including phenoxy) is 1. The Morgan fingerprint density at radius 3 is 2.15 bits per heavy atom. The minimum Gasteiger partial charge on any atom is -0.375 e. The Bertz CT molecular complexity index is 337. The number of allylic oxidation sites excluding steroid dienone is 4. The molecule has 1 heterocycles. The molecule has 0 radical (unpaired) electrons. The molecule has 1 atom stereocenters. The third kappa shape index (κ3) is 5.20. The summed E-state index contributed by atoms with van der Waals surface area (Å²) in [7, 11) is 2.10. The van der Waals surface area contributed by atoms with Crippen LogP contribution in [0.25, 0.3) is 0 Å². The Hall–Kier alpha value is -0.960. The van der Waals surface area contributed by atoms with Crippen molar-refractivity contribution in [3.05, 3.63) is 23.5 Å². The van der Waals surface area contributed by atoms with Crippen molar-refractivity contribution in [2.45, 2.75) is 53.7 Å². The van der Waals surface area contributed by atoms with E-state index >= 15 is 0 Å². The van der Waals surface area contributed by atoms with Gasteiger partial charge in [-0.1, -0.05) is 27.7 Å². The van der Waals surface area contributed by atoms with Gasteiger partial charge in [-0.2, -0.15) is 0 Å². The van der Waals surface area contributed by atoms with Gasteiger partial charge in [-0.3, -0.25) is 0 Å². The molecule has 1 unspecified atom stereocenters. The van der Waals surface area contributed by atoms with Crippen molar-refractivity contribution >= 4 is 0 Å². The standard InChI is InChI=1S/C17H32N2O/c1-7-11-19(12-8-2)16(14(3)4)10-9-15(5)18(6)17-13-20-17/h9-10,14,17H,7-8,11-13H2,1-6H3/b15-9+,16-10+. The zero-order valence-electron chi connectivity index (χ0n) is 14.1. The van der Waals surface area contributed by atoms with Crippen molar-refractivity contribution in [3.8, 4) is 0 Å². The molecular weight excluding hydrogens is 248 g/mol. The summed E-state index contributed by atoms with van der Waals surface area (Å²) < 4.78 is 5.32. The van der Waals surface area contributed by atoms with E-state index in [1.54, 1.807) is 0 Å². The van der Waals surface area contributed by atoms with E-state index in [2.05, 4.69) is 63.6 Å². The van der Waals surface area contributed by atoms with Gasteiger partial charge in [-0.15, -0.1) is 0 Å². The summed E-state index contributed by atoms with van der Waals surface area (Å²) in [6.07, 6.45) is 7.22. The SMILES string of the molecule is CCCN(CCC)/C(=C/C=C(\C)N(C)C1CO1)C(C)C. The van der Waals surface area contributed by atoms with Crippen LogP contribution in [-0.4, -0.2) is 42.8 Å². The van der Waals surface area contributed by atoms with E-state index in [1.807, 2.05) is 0 Å². The lowest BCUT2D eigenvalue weighted by atomic mass is 10.1. The second kappa shape index (κ2) is 8.35. The smallest absolute Gasteiger partial charge is 0.153 e. The van der Waals surface area contributed by atoms with Crippen molar-refractivity contribution < 1.29 is 4.74 Å². The molecule has 1 rings (SSSR count). The van der Waals surface area contributed by atoms with Gasteiger partial charge in [0, 0.05) is 31.5 Å². The van der Waals surface area contributed by atoms with Gasteiger partial charge < -0.3 is 14.5 Å². The molecule has 0 N–H and O–H groups in total. The predicted molar refractivity (Wildman–Crippen MR) is 86.3 cm³/mol. The topological polar surface area (TPSA) is 19.0 Å². The summed E-state index contributed by atoms with van der Waals surface area (Å²) in [4.78, 5) is 4.74. The third-order valence-electron chi connectivity index (χ3n) is 3.74. The number of epoxide rings is 1. The van der Waals surface area contributed by atoms with Crippen molar-refractivity contribution in [1.29, 1.82) is 0 Å². The first-order valence-corrected chi connectivity index (χ1v) is 7.99. The molecule has 3 heteroatoms. The second-order valence-corrected chi connectivity index (χ2v) is 5.94. The lowest BCUT2D eigenvalue weighted by molar-refractivity contribution is 0.255. The summed E-state index contributed by atoms with van der Waals surface area (Å²) >= 11 is 0. The van der Waals surface area contributed by atoms with Crippen LogP contribution in [0, 0.1) is 5.92 Å². The van der Waals surface area contributed by atoms with Gasteiger partial charge in [0.05, 0.1) is 6.61 Å². The van der Waals surface area contributed by atoms with Gasteiger partial charge in [-0.05, 0) is 37.8 Å². The van der Waals surface area contributed by atoms with E-state index in [4.69, 9.17) is 4.74 Å². The molecule has 0 aromatic carbocycles. The summed E-state index contributed by atoms with van der Waals surface area (Å²) in [5, 5.41) is 0. The fourth-order valence-corrected chi connectivity index (χ4v) is 2.39. The van der Waals surface area contributed by atoms with Crippen LogP contribution in [0.15, 0.2) is 23.5 Å². The Labute approximate surface area is 125 Å². The van der Waals surface area contributed by atoms with E-state index in [9.17, 15) is 0 Å². The Kier molecular flexibility index (Phi) is 7.14. The number of likely N-dealkylation sites (N-methyl/N-ethyl adjacent to an activating group) is 1. The largest absolute Gasteiger partial charge is 0.375 e. The minimum atomic E-state index is 0.296. The van der Waals surface area contributed by atoms with Crippen LogP contribution >= 0.6 is 0 Å². The maximum atomic E-state index is 5.32. The number of rotatable bonds is 9. The molecule has 1 fully saturated rings. The quantitative estimate of drug-likeness (QED) is 0.472. The lowest BCUT2D eigenvalue weighted by Gasteiger charge is -2.29. The monoisotopic (exact) mass is 280 g/mol. The van der Waals surface area contributed by atoms with Crippen LogP contribution in [0.5, 0.6) is 0 Å². The zero-order valence-corrected chi connectivity index (χ0v) is 14.1. The molecule has 20 heavy (non-hydrogen) atoms. The van der Waals surface area contributed by atoms with Crippen LogP contribution in [-0.2, 0) is 4.74 Å². The molecule has 0 spiro atoms. The molecule has 0 aliphatic carbocycles. The van der Waals surface area contributed by atoms with Gasteiger partial charge in [0.25, 0.3) is 0 Å². The predicted octanol–water partition coefficient (Wildman–Crippen LogP) is 3.84. The van der Waals surface area contributed by atoms with Crippen LogP contribution in [0.4, 0.5) is 0 Å². The molecule has 0 amide bonds. The first-order chi connectivity index (χ1) is 9.51. The number of hydrogen-bond acceptors (Lipinski definition) is 3. The molecule has 116 valence electrons. The fraction of sp³-hybridized carbons (Fsp3) is 0.765. The summed E-state index contributed by atoms with van der Waals surface area (Å²) in [6, 6.07) is 0. The zero-order chi connectivity index (χ0) is 15.1. The normalized spacial score (nSPS) is 19.4. The van der Waals surface area contributed by atoms with Crippen molar-refractivity contribution in [2.75, 3.05) is 26.7 Å². The molecule has 3 nitrogen and oxygen atoms in total. The molecule has 0 aromatic rings. The highest BCUT2D eigenvalue weighted by molar-refractivity contribution is 5.17. The molecular formula is C17H32N2O. The maximum Gasteiger partial charge on any atom is 0.153 e. The molecule has 0 saturated carbocycles. The molecule has 1 saturated heterocycles. The van der Waals surface area contributed by atoms with Gasteiger partial charge in [0.2, 0.25) is 0 Å². The first-order valence-electron chi connectivity index (χ1n) is 7.99. The van der Waals surface area contributed by atoms with E-state index in [-0.39, 0.29) is 0 Å². The minimum absolute atomic E-state index is 0.296. The van der Waals surface area contributed by atoms with E-state index in [1.165, 1.54) is 24.2 Å². The average Bonchev–Trinajstić information content (AvgIpc) is 3.22. The Morgan fingerprint density at radius 2 is 1.75 bits per heavy atom. The van der Waals surface area contributed by atoms with Crippen molar-refractivity contribution in [2.24, 2.45) is 5.92 Å². The molecule has 1 aliphatic heterocycles. The first kappa shape index (κ1) is 17.1. The molecule has 0 bridgehead atoms. The van der Waals surface area contributed by atoms with E-state index in [0.717, 1.165) is 19.7 Å².